The van der Waals surface area contributed by atoms with Crippen molar-refractivity contribution in [1.82, 2.24) is 10.0 Å². The lowest BCUT2D eigenvalue weighted by Gasteiger charge is -2.23. The predicted octanol–water partition coefficient (Wildman–Crippen LogP) is 1.08. The number of carbonyl (C=O) groups excluding carboxylic acids is 1. The second kappa shape index (κ2) is 7.60. The molecule has 1 aliphatic rings. The van der Waals surface area contributed by atoms with E-state index in [9.17, 15) is 13.2 Å². The molecule has 0 radical (unpaired) electrons. The van der Waals surface area contributed by atoms with E-state index in [0.29, 0.717) is 18.9 Å². The molecule has 24 heavy (non-hydrogen) atoms. The van der Waals surface area contributed by atoms with Crippen LogP contribution in [0.1, 0.15) is 27.2 Å². The largest absolute Gasteiger partial charge is 0.378 e. The van der Waals surface area contributed by atoms with Gasteiger partial charge >= 0.3 is 0 Å². The molecule has 1 heterocycles. The van der Waals surface area contributed by atoms with Crippen LogP contribution in [0.3, 0.4) is 0 Å². The Kier molecular flexibility index (Phi) is 5.97. The highest BCUT2D eigenvalue weighted by atomic mass is 32.2. The Morgan fingerprint density at radius 1 is 1.38 bits per heavy atom. The highest BCUT2D eigenvalue weighted by Gasteiger charge is 2.22. The molecule has 8 heteroatoms. The third-order valence-electron chi connectivity index (χ3n) is 3.30. The van der Waals surface area contributed by atoms with Gasteiger partial charge in [-0.15, -0.1) is 0 Å². The number of carbonyl (C=O) groups is 1. The maximum Gasteiger partial charge on any atom is 0.241 e. The molecule has 2 rings (SSSR count). The molecule has 1 aromatic carbocycles. The molecule has 1 aliphatic heterocycles. The van der Waals surface area contributed by atoms with Crippen LogP contribution in [0.4, 0.5) is 5.69 Å². The van der Waals surface area contributed by atoms with Crippen LogP contribution in [-0.4, -0.2) is 45.7 Å². The van der Waals surface area contributed by atoms with E-state index < -0.39 is 15.6 Å². The van der Waals surface area contributed by atoms with Crippen molar-refractivity contribution in [2.75, 3.05) is 25.1 Å². The fourth-order valence-corrected chi connectivity index (χ4v) is 3.85. The number of sulfonamides is 1. The molecule has 1 fully saturated rings. The molecule has 1 atom stereocenters. The predicted molar refractivity (Wildman–Crippen MR) is 92.4 cm³/mol. The summed E-state index contributed by atoms with van der Waals surface area (Å²) in [7, 11) is -3.64. The zero-order valence-electron chi connectivity index (χ0n) is 14.3. The van der Waals surface area contributed by atoms with E-state index in [1.54, 1.807) is 32.9 Å². The van der Waals surface area contributed by atoms with E-state index >= 15 is 0 Å². The van der Waals surface area contributed by atoms with Crippen molar-refractivity contribution in [2.24, 2.45) is 0 Å². The SMILES string of the molecule is CC(C)(C)NS(=O)(=O)c1cccc(NC(=O)CC2COCCN2)c1. The van der Waals surface area contributed by atoms with E-state index in [-0.39, 0.29) is 23.3 Å². The van der Waals surface area contributed by atoms with Crippen molar-refractivity contribution in [3.63, 3.8) is 0 Å². The molecule has 3 N–H and O–H groups in total. The van der Waals surface area contributed by atoms with Gasteiger partial charge in [-0.2, -0.15) is 0 Å². The molecule has 0 spiro atoms. The lowest BCUT2D eigenvalue weighted by molar-refractivity contribution is -0.117. The highest BCUT2D eigenvalue weighted by molar-refractivity contribution is 7.89. The number of morpholine rings is 1. The minimum Gasteiger partial charge on any atom is -0.378 e. The molecule has 0 bridgehead atoms. The Hall–Kier alpha value is -1.48. The first-order valence-corrected chi connectivity index (χ1v) is 9.39. The summed E-state index contributed by atoms with van der Waals surface area (Å²) in [4.78, 5) is 12.2. The van der Waals surface area contributed by atoms with Gasteiger partial charge in [0.2, 0.25) is 15.9 Å². The number of anilines is 1. The van der Waals surface area contributed by atoms with Gasteiger partial charge < -0.3 is 15.4 Å². The van der Waals surface area contributed by atoms with Crippen LogP contribution in [0, 0.1) is 0 Å². The van der Waals surface area contributed by atoms with Gasteiger partial charge in [-0.05, 0) is 39.0 Å². The fourth-order valence-electron chi connectivity index (χ4n) is 2.39. The van der Waals surface area contributed by atoms with E-state index in [1.165, 1.54) is 12.1 Å². The van der Waals surface area contributed by atoms with Crippen molar-refractivity contribution in [3.05, 3.63) is 24.3 Å². The van der Waals surface area contributed by atoms with Crippen molar-refractivity contribution >= 4 is 21.6 Å². The number of benzene rings is 1. The van der Waals surface area contributed by atoms with Gasteiger partial charge in [-0.1, -0.05) is 6.07 Å². The number of nitrogens with one attached hydrogen (secondary N) is 3. The Labute approximate surface area is 143 Å². The first-order chi connectivity index (χ1) is 11.2. The summed E-state index contributed by atoms with van der Waals surface area (Å²) in [5.41, 5.74) is -0.126. The van der Waals surface area contributed by atoms with E-state index in [1.807, 2.05) is 0 Å². The smallest absolute Gasteiger partial charge is 0.241 e. The normalized spacial score (nSPS) is 19.0. The van der Waals surface area contributed by atoms with Crippen LogP contribution in [0.2, 0.25) is 0 Å². The summed E-state index contributed by atoms with van der Waals surface area (Å²) < 4.78 is 32.6. The monoisotopic (exact) mass is 355 g/mol. The number of ether oxygens (including phenoxy) is 1. The van der Waals surface area contributed by atoms with E-state index in [2.05, 4.69) is 15.4 Å². The summed E-state index contributed by atoms with van der Waals surface area (Å²) >= 11 is 0. The molecular formula is C16H25N3O4S. The van der Waals surface area contributed by atoms with Crippen LogP contribution in [0.25, 0.3) is 0 Å². The van der Waals surface area contributed by atoms with Crippen LogP contribution < -0.4 is 15.4 Å². The van der Waals surface area contributed by atoms with Crippen LogP contribution in [0.5, 0.6) is 0 Å². The molecule has 1 saturated heterocycles. The summed E-state index contributed by atoms with van der Waals surface area (Å²) in [6.45, 7) is 7.19. The van der Waals surface area contributed by atoms with Crippen LogP contribution in [0.15, 0.2) is 29.2 Å². The molecule has 0 aliphatic carbocycles. The van der Waals surface area contributed by atoms with Gasteiger partial charge in [0.05, 0.1) is 18.1 Å². The third-order valence-corrected chi connectivity index (χ3v) is 5.05. The standard InChI is InChI=1S/C16H25N3O4S/c1-16(2,3)19-24(21,22)14-6-4-5-12(9-14)18-15(20)10-13-11-23-8-7-17-13/h4-6,9,13,17,19H,7-8,10-11H2,1-3H3,(H,18,20). The number of hydrogen-bond donors (Lipinski definition) is 3. The van der Waals surface area contributed by atoms with Crippen molar-refractivity contribution in [2.45, 2.75) is 43.7 Å². The summed E-state index contributed by atoms with van der Waals surface area (Å²) in [6, 6.07) is 6.21. The topological polar surface area (TPSA) is 96.5 Å². The van der Waals surface area contributed by atoms with Crippen LogP contribution in [-0.2, 0) is 19.6 Å². The Morgan fingerprint density at radius 3 is 2.75 bits per heavy atom. The van der Waals surface area contributed by atoms with Gasteiger partial charge in [0, 0.05) is 30.2 Å². The quantitative estimate of drug-likeness (QED) is 0.734. The van der Waals surface area contributed by atoms with E-state index in [4.69, 9.17) is 4.74 Å². The van der Waals surface area contributed by atoms with Gasteiger partial charge in [0.15, 0.2) is 0 Å². The van der Waals surface area contributed by atoms with Crippen molar-refractivity contribution < 1.29 is 17.9 Å². The first kappa shape index (κ1) is 18.9. The maximum atomic E-state index is 12.4. The Balaban J connectivity index is 2.03. The average Bonchev–Trinajstić information content (AvgIpc) is 2.46. The molecule has 1 aromatic rings. The summed E-state index contributed by atoms with van der Waals surface area (Å²) in [6.07, 6.45) is 0.275. The van der Waals surface area contributed by atoms with Crippen molar-refractivity contribution in [1.29, 1.82) is 0 Å². The van der Waals surface area contributed by atoms with Crippen LogP contribution >= 0.6 is 0 Å². The Morgan fingerprint density at radius 2 is 2.12 bits per heavy atom. The third kappa shape index (κ3) is 5.86. The second-order valence-corrected chi connectivity index (χ2v) is 8.54. The second-order valence-electron chi connectivity index (χ2n) is 6.86. The molecule has 1 unspecified atom stereocenters. The summed E-state index contributed by atoms with van der Waals surface area (Å²) in [5, 5.41) is 5.94. The highest BCUT2D eigenvalue weighted by Crippen LogP contribution is 2.18. The number of hydrogen-bond acceptors (Lipinski definition) is 5. The first-order valence-electron chi connectivity index (χ1n) is 7.91. The molecule has 1 amide bonds. The van der Waals surface area contributed by atoms with Gasteiger partial charge in [-0.25, -0.2) is 13.1 Å². The fraction of sp³-hybridized carbons (Fsp3) is 0.562. The number of rotatable bonds is 5. The molecule has 134 valence electrons. The number of amides is 1. The van der Waals surface area contributed by atoms with Gasteiger partial charge in [0.1, 0.15) is 0 Å². The summed E-state index contributed by atoms with van der Waals surface area (Å²) in [5.74, 6) is -0.184. The molecular weight excluding hydrogens is 330 g/mol. The zero-order chi connectivity index (χ0) is 17.8. The lowest BCUT2D eigenvalue weighted by atomic mass is 10.1. The van der Waals surface area contributed by atoms with E-state index in [0.717, 1.165) is 6.54 Å². The van der Waals surface area contributed by atoms with Crippen molar-refractivity contribution in [3.8, 4) is 0 Å². The molecule has 0 saturated carbocycles. The average molecular weight is 355 g/mol. The Bertz CT molecular complexity index is 677. The molecule has 0 aromatic heterocycles. The lowest BCUT2D eigenvalue weighted by Crippen LogP contribution is -2.43. The van der Waals surface area contributed by atoms with Gasteiger partial charge in [-0.3, -0.25) is 4.79 Å². The zero-order valence-corrected chi connectivity index (χ0v) is 15.1. The maximum absolute atomic E-state index is 12.4. The minimum absolute atomic E-state index is 0.0202. The van der Waals surface area contributed by atoms with Gasteiger partial charge in [0.25, 0.3) is 0 Å². The minimum atomic E-state index is -3.64. The molecule has 7 nitrogen and oxygen atoms in total.